The molecule has 1 aliphatic heterocycles. The van der Waals surface area contributed by atoms with Crippen LogP contribution in [0.25, 0.3) is 0 Å². The molecule has 2 heterocycles. The first kappa shape index (κ1) is 13.6. The molecular weight excluding hydrogens is 256 g/mol. The maximum absolute atomic E-state index is 11.4. The van der Waals surface area contributed by atoms with Crippen molar-refractivity contribution in [1.82, 2.24) is 19.8 Å². The Labute approximate surface area is 118 Å². The molecule has 6 nitrogen and oxygen atoms in total. The minimum Gasteiger partial charge on any atom is -0.481 e. The molecule has 1 saturated carbocycles. The van der Waals surface area contributed by atoms with Crippen LogP contribution in [0, 0.1) is 11.8 Å². The first-order valence-corrected chi connectivity index (χ1v) is 7.36. The van der Waals surface area contributed by atoms with Gasteiger partial charge in [0.05, 0.1) is 12.5 Å². The zero-order valence-electron chi connectivity index (χ0n) is 11.7. The van der Waals surface area contributed by atoms with Gasteiger partial charge in [0, 0.05) is 45.1 Å². The molecule has 20 heavy (non-hydrogen) atoms. The SMILES string of the molecule is O=C(O)[C@H]1CN(Cc2ncc[nH]2)CCN(CC2CC2)C1. The zero-order chi connectivity index (χ0) is 13.9. The molecule has 0 aromatic carbocycles. The fourth-order valence-electron chi connectivity index (χ4n) is 2.87. The van der Waals surface area contributed by atoms with Crippen LogP contribution in [0.4, 0.5) is 0 Å². The number of carbonyl (C=O) groups is 1. The molecule has 1 saturated heterocycles. The maximum Gasteiger partial charge on any atom is 0.309 e. The Morgan fingerprint density at radius 3 is 2.75 bits per heavy atom. The summed E-state index contributed by atoms with van der Waals surface area (Å²) in [5.74, 6) is 0.731. The highest BCUT2D eigenvalue weighted by Gasteiger charge is 2.31. The summed E-state index contributed by atoms with van der Waals surface area (Å²) in [5, 5.41) is 9.40. The molecule has 0 unspecified atom stereocenters. The van der Waals surface area contributed by atoms with E-state index < -0.39 is 5.97 Å². The Morgan fingerprint density at radius 2 is 2.10 bits per heavy atom. The lowest BCUT2D eigenvalue weighted by atomic mass is 10.1. The molecule has 1 aliphatic carbocycles. The summed E-state index contributed by atoms with van der Waals surface area (Å²) in [7, 11) is 0. The van der Waals surface area contributed by atoms with Crippen molar-refractivity contribution in [3.63, 3.8) is 0 Å². The number of carboxylic acids is 1. The largest absolute Gasteiger partial charge is 0.481 e. The van der Waals surface area contributed by atoms with Gasteiger partial charge in [-0.2, -0.15) is 0 Å². The summed E-state index contributed by atoms with van der Waals surface area (Å²) in [6, 6.07) is 0. The van der Waals surface area contributed by atoms with Crippen LogP contribution in [0.1, 0.15) is 18.7 Å². The highest BCUT2D eigenvalue weighted by Crippen LogP contribution is 2.30. The van der Waals surface area contributed by atoms with E-state index in [1.54, 1.807) is 12.4 Å². The Kier molecular flexibility index (Phi) is 4.03. The Bertz CT molecular complexity index is 444. The molecule has 3 rings (SSSR count). The van der Waals surface area contributed by atoms with Crippen molar-refractivity contribution in [3.8, 4) is 0 Å². The number of aromatic nitrogens is 2. The van der Waals surface area contributed by atoms with Crippen molar-refractivity contribution in [2.75, 3.05) is 32.7 Å². The number of nitrogens with zero attached hydrogens (tertiary/aromatic N) is 3. The van der Waals surface area contributed by atoms with E-state index in [-0.39, 0.29) is 5.92 Å². The van der Waals surface area contributed by atoms with E-state index in [2.05, 4.69) is 19.8 Å². The van der Waals surface area contributed by atoms with Gasteiger partial charge in [0.15, 0.2) is 0 Å². The molecule has 0 amide bonds. The Balaban J connectivity index is 1.62. The third-order valence-electron chi connectivity index (χ3n) is 4.18. The van der Waals surface area contributed by atoms with E-state index in [0.717, 1.165) is 31.4 Å². The van der Waals surface area contributed by atoms with Crippen molar-refractivity contribution >= 4 is 5.97 Å². The summed E-state index contributed by atoms with van der Waals surface area (Å²) in [6.07, 6.45) is 6.16. The third-order valence-corrected chi connectivity index (χ3v) is 4.18. The first-order chi connectivity index (χ1) is 9.70. The monoisotopic (exact) mass is 278 g/mol. The highest BCUT2D eigenvalue weighted by atomic mass is 16.4. The highest BCUT2D eigenvalue weighted by molar-refractivity contribution is 5.70. The lowest BCUT2D eigenvalue weighted by Crippen LogP contribution is -2.35. The van der Waals surface area contributed by atoms with Crippen molar-refractivity contribution in [3.05, 3.63) is 18.2 Å². The van der Waals surface area contributed by atoms with Crippen molar-refractivity contribution < 1.29 is 9.90 Å². The van der Waals surface area contributed by atoms with Crippen LogP contribution in [-0.2, 0) is 11.3 Å². The predicted molar refractivity (Wildman–Crippen MR) is 74.2 cm³/mol. The summed E-state index contributed by atoms with van der Waals surface area (Å²) in [4.78, 5) is 23.3. The van der Waals surface area contributed by atoms with Gasteiger partial charge in [0.25, 0.3) is 0 Å². The number of imidazole rings is 1. The quantitative estimate of drug-likeness (QED) is 0.827. The van der Waals surface area contributed by atoms with Crippen LogP contribution in [0.15, 0.2) is 12.4 Å². The molecule has 6 heteroatoms. The fraction of sp³-hybridized carbons (Fsp3) is 0.714. The number of hydrogen-bond acceptors (Lipinski definition) is 4. The summed E-state index contributed by atoms with van der Waals surface area (Å²) < 4.78 is 0. The lowest BCUT2D eigenvalue weighted by Gasteiger charge is -2.21. The standard InChI is InChI=1S/C14H22N4O2/c19-14(20)12-8-17(7-11-1-2-11)5-6-18(9-12)10-13-15-3-4-16-13/h3-4,11-12H,1-2,5-10H2,(H,15,16)(H,19,20)/t12-/m1/s1. The van der Waals surface area contributed by atoms with Crippen LogP contribution in [-0.4, -0.2) is 63.6 Å². The van der Waals surface area contributed by atoms with E-state index in [9.17, 15) is 9.90 Å². The average molecular weight is 278 g/mol. The molecule has 0 bridgehead atoms. The van der Waals surface area contributed by atoms with E-state index in [1.165, 1.54) is 12.8 Å². The second-order valence-corrected chi connectivity index (χ2v) is 6.01. The topological polar surface area (TPSA) is 72.5 Å². The van der Waals surface area contributed by atoms with Crippen molar-refractivity contribution in [1.29, 1.82) is 0 Å². The van der Waals surface area contributed by atoms with E-state index in [1.807, 2.05) is 0 Å². The molecule has 110 valence electrons. The normalized spacial score (nSPS) is 25.5. The smallest absolute Gasteiger partial charge is 0.309 e. The number of hydrogen-bond donors (Lipinski definition) is 2. The van der Waals surface area contributed by atoms with Crippen LogP contribution in [0.2, 0.25) is 0 Å². The second-order valence-electron chi connectivity index (χ2n) is 6.01. The van der Waals surface area contributed by atoms with Gasteiger partial charge in [-0.1, -0.05) is 0 Å². The molecule has 2 fully saturated rings. The van der Waals surface area contributed by atoms with Crippen LogP contribution >= 0.6 is 0 Å². The van der Waals surface area contributed by atoms with E-state index in [4.69, 9.17) is 0 Å². The van der Waals surface area contributed by atoms with Gasteiger partial charge >= 0.3 is 5.97 Å². The van der Waals surface area contributed by atoms with Gasteiger partial charge in [-0.05, 0) is 18.8 Å². The maximum atomic E-state index is 11.4. The molecular formula is C14H22N4O2. The number of H-pyrrole nitrogens is 1. The molecule has 1 atom stereocenters. The Hall–Kier alpha value is -1.40. The van der Waals surface area contributed by atoms with Gasteiger partial charge < -0.3 is 15.0 Å². The Morgan fingerprint density at radius 1 is 1.35 bits per heavy atom. The molecule has 2 N–H and O–H groups in total. The summed E-state index contributed by atoms with van der Waals surface area (Å²) >= 11 is 0. The molecule has 1 aromatic rings. The fourth-order valence-corrected chi connectivity index (χ4v) is 2.87. The molecule has 1 aromatic heterocycles. The minimum absolute atomic E-state index is 0.300. The van der Waals surface area contributed by atoms with Crippen LogP contribution in [0.5, 0.6) is 0 Å². The number of carboxylic acid groups (broad SMARTS) is 1. The van der Waals surface area contributed by atoms with E-state index >= 15 is 0 Å². The average Bonchev–Trinajstić information content (AvgIpc) is 3.13. The summed E-state index contributed by atoms with van der Waals surface area (Å²) in [6.45, 7) is 4.93. The third kappa shape index (κ3) is 3.58. The molecule has 0 spiro atoms. The van der Waals surface area contributed by atoms with Gasteiger partial charge in [0.1, 0.15) is 5.82 Å². The van der Waals surface area contributed by atoms with Gasteiger partial charge in [0.2, 0.25) is 0 Å². The van der Waals surface area contributed by atoms with Gasteiger partial charge in [-0.25, -0.2) is 4.98 Å². The lowest BCUT2D eigenvalue weighted by molar-refractivity contribution is -0.142. The number of aliphatic carboxylic acids is 1. The molecule has 2 aliphatic rings. The van der Waals surface area contributed by atoms with Gasteiger partial charge in [-0.15, -0.1) is 0 Å². The number of rotatable bonds is 5. The minimum atomic E-state index is -0.683. The number of nitrogens with one attached hydrogen (secondary N) is 1. The van der Waals surface area contributed by atoms with E-state index in [0.29, 0.717) is 19.6 Å². The van der Waals surface area contributed by atoms with Crippen molar-refractivity contribution in [2.24, 2.45) is 11.8 Å². The van der Waals surface area contributed by atoms with Gasteiger partial charge in [-0.3, -0.25) is 9.69 Å². The predicted octanol–water partition coefficient (Wildman–Crippen LogP) is 0.638. The van der Waals surface area contributed by atoms with Crippen molar-refractivity contribution in [2.45, 2.75) is 19.4 Å². The van der Waals surface area contributed by atoms with Crippen LogP contribution < -0.4 is 0 Å². The first-order valence-electron chi connectivity index (χ1n) is 7.36. The summed E-state index contributed by atoms with van der Waals surface area (Å²) in [5.41, 5.74) is 0. The second kappa shape index (κ2) is 5.93. The zero-order valence-corrected chi connectivity index (χ0v) is 11.7. The van der Waals surface area contributed by atoms with Crippen LogP contribution in [0.3, 0.4) is 0 Å². The number of aromatic amines is 1. The molecule has 0 radical (unpaired) electrons.